The van der Waals surface area contributed by atoms with Crippen LogP contribution in [0.1, 0.15) is 44.9 Å². The molecule has 1 amide bonds. The SMILES string of the molecule is O=C(O)CNC1CCN(c2ccc3c(NC(=O)CC4CCCCC4)c(Cl)ccc3n2)C1. The number of halogens is 1. The van der Waals surface area contributed by atoms with Crippen molar-refractivity contribution in [1.29, 1.82) is 0 Å². The van der Waals surface area contributed by atoms with E-state index in [0.29, 0.717) is 29.6 Å². The van der Waals surface area contributed by atoms with E-state index in [4.69, 9.17) is 21.7 Å². The predicted octanol–water partition coefficient (Wildman–Crippen LogP) is 4.05. The van der Waals surface area contributed by atoms with Gasteiger partial charge in [0.2, 0.25) is 5.91 Å². The van der Waals surface area contributed by atoms with E-state index < -0.39 is 5.97 Å². The van der Waals surface area contributed by atoms with Gasteiger partial charge in [-0.3, -0.25) is 9.59 Å². The van der Waals surface area contributed by atoms with Gasteiger partial charge in [0.15, 0.2) is 0 Å². The van der Waals surface area contributed by atoms with Crippen molar-refractivity contribution in [2.24, 2.45) is 5.92 Å². The lowest BCUT2D eigenvalue weighted by atomic mass is 9.87. The summed E-state index contributed by atoms with van der Waals surface area (Å²) in [7, 11) is 0. The zero-order valence-corrected chi connectivity index (χ0v) is 18.3. The van der Waals surface area contributed by atoms with Crippen LogP contribution in [-0.4, -0.2) is 47.6 Å². The molecule has 0 radical (unpaired) electrons. The Labute approximate surface area is 187 Å². The maximum atomic E-state index is 12.7. The number of pyridine rings is 1. The Morgan fingerprint density at radius 3 is 2.71 bits per heavy atom. The number of carbonyl (C=O) groups excluding carboxylic acids is 1. The van der Waals surface area contributed by atoms with Crippen molar-refractivity contribution < 1.29 is 14.7 Å². The molecule has 1 saturated heterocycles. The maximum absolute atomic E-state index is 12.7. The third-order valence-electron chi connectivity index (χ3n) is 6.32. The van der Waals surface area contributed by atoms with E-state index in [1.807, 2.05) is 18.2 Å². The summed E-state index contributed by atoms with van der Waals surface area (Å²) in [4.78, 5) is 30.4. The maximum Gasteiger partial charge on any atom is 0.317 e. The molecule has 166 valence electrons. The fourth-order valence-electron chi connectivity index (χ4n) is 4.68. The first kappa shape index (κ1) is 21.8. The van der Waals surface area contributed by atoms with Crippen LogP contribution in [0.2, 0.25) is 5.02 Å². The summed E-state index contributed by atoms with van der Waals surface area (Å²) in [6.07, 6.45) is 7.35. The number of hydrogen-bond acceptors (Lipinski definition) is 5. The summed E-state index contributed by atoms with van der Waals surface area (Å²) < 4.78 is 0. The molecule has 2 aromatic rings. The van der Waals surface area contributed by atoms with Gasteiger partial charge in [0, 0.05) is 30.9 Å². The average Bonchev–Trinajstić information content (AvgIpc) is 3.24. The predicted molar refractivity (Wildman–Crippen MR) is 123 cm³/mol. The standard InChI is InChI=1S/C23H29ClN4O3/c24-18-7-8-19-17(23(18)27-21(29)12-15-4-2-1-3-5-15)6-9-20(26-19)28-11-10-16(14-28)25-13-22(30)31/h6-9,15-16,25H,1-5,10-14H2,(H,27,29)(H,30,31). The summed E-state index contributed by atoms with van der Waals surface area (Å²) in [5.74, 6) is 0.466. The van der Waals surface area contributed by atoms with Crippen LogP contribution in [0.5, 0.6) is 0 Å². The molecule has 0 spiro atoms. The van der Waals surface area contributed by atoms with Crippen molar-refractivity contribution in [3.8, 4) is 0 Å². The number of hydrogen-bond donors (Lipinski definition) is 3. The first-order valence-corrected chi connectivity index (χ1v) is 11.5. The molecule has 2 fully saturated rings. The highest BCUT2D eigenvalue weighted by molar-refractivity contribution is 6.35. The average molecular weight is 445 g/mol. The Balaban J connectivity index is 1.46. The Morgan fingerprint density at radius 1 is 1.13 bits per heavy atom. The molecule has 1 aliphatic carbocycles. The van der Waals surface area contributed by atoms with Crippen LogP contribution in [0.4, 0.5) is 11.5 Å². The quantitative estimate of drug-likeness (QED) is 0.596. The van der Waals surface area contributed by atoms with Crippen LogP contribution < -0.4 is 15.5 Å². The Kier molecular flexibility index (Phi) is 6.92. The molecule has 1 aromatic carbocycles. The first-order chi connectivity index (χ1) is 15.0. The summed E-state index contributed by atoms with van der Waals surface area (Å²) in [5, 5.41) is 16.3. The van der Waals surface area contributed by atoms with E-state index in [-0.39, 0.29) is 18.5 Å². The molecular weight excluding hydrogens is 416 g/mol. The molecule has 1 unspecified atom stereocenters. The topological polar surface area (TPSA) is 94.6 Å². The number of carbonyl (C=O) groups is 2. The van der Waals surface area contributed by atoms with Gasteiger partial charge in [-0.1, -0.05) is 30.9 Å². The largest absolute Gasteiger partial charge is 0.480 e. The van der Waals surface area contributed by atoms with Gasteiger partial charge < -0.3 is 20.6 Å². The number of carboxylic acids is 1. The van der Waals surface area contributed by atoms with Crippen LogP contribution in [0.15, 0.2) is 24.3 Å². The number of fused-ring (bicyclic) bond motifs is 1. The zero-order chi connectivity index (χ0) is 21.8. The zero-order valence-electron chi connectivity index (χ0n) is 17.6. The van der Waals surface area contributed by atoms with Crippen LogP contribution >= 0.6 is 11.6 Å². The van der Waals surface area contributed by atoms with Gasteiger partial charge in [-0.25, -0.2) is 4.98 Å². The summed E-state index contributed by atoms with van der Waals surface area (Å²) >= 11 is 6.43. The lowest BCUT2D eigenvalue weighted by molar-refractivity contribution is -0.136. The first-order valence-electron chi connectivity index (χ1n) is 11.1. The highest BCUT2D eigenvalue weighted by Crippen LogP contribution is 2.33. The van der Waals surface area contributed by atoms with Crippen LogP contribution in [-0.2, 0) is 9.59 Å². The van der Waals surface area contributed by atoms with Gasteiger partial charge in [0.1, 0.15) is 5.82 Å². The number of benzene rings is 1. The minimum absolute atomic E-state index is 0.0114. The molecule has 8 heteroatoms. The Morgan fingerprint density at radius 2 is 1.94 bits per heavy atom. The highest BCUT2D eigenvalue weighted by atomic mass is 35.5. The van der Waals surface area contributed by atoms with Crippen molar-refractivity contribution >= 4 is 45.9 Å². The Bertz CT molecular complexity index is 961. The second-order valence-electron chi connectivity index (χ2n) is 8.62. The highest BCUT2D eigenvalue weighted by Gasteiger charge is 2.24. The third kappa shape index (κ3) is 5.46. The van der Waals surface area contributed by atoms with Gasteiger partial charge in [0.05, 0.1) is 22.8 Å². The van der Waals surface area contributed by atoms with E-state index in [1.54, 1.807) is 6.07 Å². The van der Waals surface area contributed by atoms with Crippen molar-refractivity contribution in [2.75, 3.05) is 29.9 Å². The molecular formula is C23H29ClN4O3. The fraction of sp³-hybridized carbons (Fsp3) is 0.522. The van der Waals surface area contributed by atoms with Gasteiger partial charge in [-0.2, -0.15) is 0 Å². The van der Waals surface area contributed by atoms with Gasteiger partial charge in [-0.15, -0.1) is 0 Å². The fourth-order valence-corrected chi connectivity index (χ4v) is 4.89. The van der Waals surface area contributed by atoms with Crippen molar-refractivity contribution in [1.82, 2.24) is 10.3 Å². The molecule has 2 aliphatic rings. The molecule has 1 aliphatic heterocycles. The van der Waals surface area contributed by atoms with Gasteiger partial charge >= 0.3 is 5.97 Å². The molecule has 2 heterocycles. The van der Waals surface area contributed by atoms with Crippen LogP contribution in [0.3, 0.4) is 0 Å². The molecule has 7 nitrogen and oxygen atoms in total. The number of nitrogens with zero attached hydrogens (tertiary/aromatic N) is 2. The van der Waals surface area contributed by atoms with Crippen LogP contribution in [0.25, 0.3) is 10.9 Å². The lowest BCUT2D eigenvalue weighted by Gasteiger charge is -2.21. The molecule has 0 bridgehead atoms. The number of anilines is 2. The van der Waals surface area contributed by atoms with E-state index in [9.17, 15) is 9.59 Å². The van der Waals surface area contributed by atoms with Crippen LogP contribution in [0, 0.1) is 5.92 Å². The van der Waals surface area contributed by atoms with Crippen molar-refractivity contribution in [3.63, 3.8) is 0 Å². The molecule has 1 aromatic heterocycles. The second kappa shape index (κ2) is 9.83. The van der Waals surface area contributed by atoms with Gasteiger partial charge in [0.25, 0.3) is 0 Å². The number of carboxylic acid groups (broad SMARTS) is 1. The van der Waals surface area contributed by atoms with Gasteiger partial charge in [-0.05, 0) is 49.4 Å². The summed E-state index contributed by atoms with van der Waals surface area (Å²) in [6.45, 7) is 1.49. The number of nitrogens with one attached hydrogen (secondary N) is 2. The lowest BCUT2D eigenvalue weighted by Crippen LogP contribution is -2.36. The number of aromatic nitrogens is 1. The normalized spacial score (nSPS) is 19.6. The number of amides is 1. The van der Waals surface area contributed by atoms with Crippen molar-refractivity contribution in [3.05, 3.63) is 29.3 Å². The van der Waals surface area contributed by atoms with E-state index in [1.165, 1.54) is 19.3 Å². The third-order valence-corrected chi connectivity index (χ3v) is 6.64. The smallest absolute Gasteiger partial charge is 0.317 e. The minimum Gasteiger partial charge on any atom is -0.480 e. The van der Waals surface area contributed by atoms with Crippen molar-refractivity contribution in [2.45, 2.75) is 51.0 Å². The Hall–Kier alpha value is -2.38. The molecule has 31 heavy (non-hydrogen) atoms. The van der Waals surface area contributed by atoms with E-state index in [0.717, 1.165) is 42.5 Å². The van der Waals surface area contributed by atoms with E-state index in [2.05, 4.69) is 15.5 Å². The van der Waals surface area contributed by atoms with E-state index >= 15 is 0 Å². The molecule has 1 saturated carbocycles. The minimum atomic E-state index is -0.850. The summed E-state index contributed by atoms with van der Waals surface area (Å²) in [5.41, 5.74) is 1.40. The molecule has 4 rings (SSSR count). The molecule has 3 N–H and O–H groups in total. The molecule has 1 atom stereocenters. The summed E-state index contributed by atoms with van der Waals surface area (Å²) in [6, 6.07) is 7.67. The number of aliphatic carboxylic acids is 1. The number of rotatable bonds is 7. The second-order valence-corrected chi connectivity index (χ2v) is 9.03. The monoisotopic (exact) mass is 444 g/mol.